The number of carboxylic acid groups (broad SMARTS) is 2. The number of halogens is 2. The maximum absolute atomic E-state index is 13.3. The van der Waals surface area contributed by atoms with Gasteiger partial charge in [0, 0.05) is 44.7 Å². The molecule has 4 atom stereocenters. The highest BCUT2D eigenvalue weighted by atomic mass is 35.5. The number of likely N-dealkylation sites (tertiary alicyclic amines) is 2. The minimum Gasteiger partial charge on any atom is -0.480 e. The predicted molar refractivity (Wildman–Crippen MR) is 212 cm³/mol. The molecule has 4 heterocycles. The van der Waals surface area contributed by atoms with Gasteiger partial charge in [-0.05, 0) is 98.3 Å². The third-order valence-electron chi connectivity index (χ3n) is 10.4. The first-order valence-electron chi connectivity index (χ1n) is 18.3. The van der Waals surface area contributed by atoms with E-state index in [4.69, 9.17) is 27.7 Å². The molecule has 2 aliphatic heterocycles. The molecule has 2 fully saturated rings. The zero-order valence-corrected chi connectivity index (χ0v) is 32.1. The number of amides is 2. The summed E-state index contributed by atoms with van der Waals surface area (Å²) in [6, 6.07) is 29.5. The Morgan fingerprint density at radius 1 is 0.632 bits per heavy atom. The van der Waals surface area contributed by atoms with Gasteiger partial charge in [0.2, 0.25) is 0 Å². The van der Waals surface area contributed by atoms with Gasteiger partial charge in [0.05, 0.1) is 24.0 Å². The summed E-state index contributed by atoms with van der Waals surface area (Å²) in [4.78, 5) is 53.0. The van der Waals surface area contributed by atoms with Gasteiger partial charge in [-0.3, -0.25) is 9.59 Å². The predicted octanol–water partition coefficient (Wildman–Crippen LogP) is 8.69. The van der Waals surface area contributed by atoms with Crippen molar-refractivity contribution in [3.05, 3.63) is 160 Å². The molecule has 8 rings (SSSR count). The maximum atomic E-state index is 13.3. The van der Waals surface area contributed by atoms with Crippen LogP contribution in [0.1, 0.15) is 75.3 Å². The van der Waals surface area contributed by atoms with Crippen LogP contribution in [0.2, 0.25) is 10.0 Å². The lowest BCUT2D eigenvalue weighted by atomic mass is 10.0. The van der Waals surface area contributed by atoms with Gasteiger partial charge in [-0.1, -0.05) is 76.9 Å². The molecule has 2 saturated heterocycles. The van der Waals surface area contributed by atoms with Crippen LogP contribution in [-0.2, 0) is 9.59 Å². The minimum atomic E-state index is -1.01. The lowest BCUT2D eigenvalue weighted by Gasteiger charge is -2.29. The molecule has 2 aliphatic rings. The van der Waals surface area contributed by atoms with Crippen LogP contribution < -0.4 is 0 Å². The summed E-state index contributed by atoms with van der Waals surface area (Å²) in [7, 11) is 0. The van der Waals surface area contributed by atoms with Gasteiger partial charge in [-0.15, -0.1) is 0 Å². The number of aryl methyl sites for hydroxylation is 1. The third kappa shape index (κ3) is 8.05. The fourth-order valence-electron chi connectivity index (χ4n) is 7.60. The van der Waals surface area contributed by atoms with Crippen LogP contribution in [-0.4, -0.2) is 70.8 Å². The quantitative estimate of drug-likeness (QED) is 0.153. The largest absolute Gasteiger partial charge is 0.480 e. The van der Waals surface area contributed by atoms with Gasteiger partial charge in [0.25, 0.3) is 11.8 Å². The van der Waals surface area contributed by atoms with Crippen LogP contribution in [0.4, 0.5) is 0 Å². The molecular formula is C43H37Cl2N5O7. The Morgan fingerprint density at radius 2 is 1.12 bits per heavy atom. The molecule has 6 aromatic rings. The number of hydrogen-bond donors (Lipinski definition) is 2. The second-order valence-corrected chi connectivity index (χ2v) is 14.6. The maximum Gasteiger partial charge on any atom is 0.326 e. The zero-order valence-electron chi connectivity index (χ0n) is 30.6. The molecule has 290 valence electrons. The van der Waals surface area contributed by atoms with Crippen molar-refractivity contribution in [1.29, 1.82) is 0 Å². The van der Waals surface area contributed by atoms with Gasteiger partial charge in [-0.2, -0.15) is 5.10 Å². The Hall–Kier alpha value is -6.24. The summed E-state index contributed by atoms with van der Waals surface area (Å²) in [5, 5.41) is 28.3. The van der Waals surface area contributed by atoms with Crippen LogP contribution in [0.3, 0.4) is 0 Å². The highest BCUT2D eigenvalue weighted by Gasteiger charge is 2.44. The van der Waals surface area contributed by atoms with Gasteiger partial charge in [-0.25, -0.2) is 14.3 Å². The van der Waals surface area contributed by atoms with Crippen LogP contribution in [0, 0.1) is 6.92 Å². The van der Waals surface area contributed by atoms with Crippen LogP contribution in [0.5, 0.6) is 0 Å². The van der Waals surface area contributed by atoms with Crippen LogP contribution in [0.15, 0.2) is 126 Å². The number of aliphatic carboxylic acids is 2. The van der Waals surface area contributed by atoms with E-state index in [9.17, 15) is 29.4 Å². The van der Waals surface area contributed by atoms with Gasteiger partial charge >= 0.3 is 11.9 Å². The average molecular weight is 807 g/mol. The van der Waals surface area contributed by atoms with E-state index in [-0.39, 0.29) is 23.9 Å². The van der Waals surface area contributed by atoms with Crippen LogP contribution in [0.25, 0.3) is 17.0 Å². The van der Waals surface area contributed by atoms with E-state index in [2.05, 4.69) is 10.3 Å². The summed E-state index contributed by atoms with van der Waals surface area (Å²) in [5.41, 5.74) is 4.98. The molecule has 0 saturated carbocycles. The van der Waals surface area contributed by atoms with Crippen molar-refractivity contribution < 1.29 is 33.9 Å². The zero-order chi connectivity index (χ0) is 40.2. The van der Waals surface area contributed by atoms with Crippen molar-refractivity contribution in [3.8, 4) is 17.0 Å². The van der Waals surface area contributed by atoms with Crippen molar-refractivity contribution in [2.24, 2.45) is 0 Å². The summed E-state index contributed by atoms with van der Waals surface area (Å²) >= 11 is 12.7. The Balaban J connectivity index is 0.000000174. The second kappa shape index (κ2) is 16.9. The molecule has 14 heteroatoms. The molecule has 0 bridgehead atoms. The highest BCUT2D eigenvalue weighted by molar-refractivity contribution is 6.31. The lowest BCUT2D eigenvalue weighted by molar-refractivity contribution is -0.142. The molecule has 2 amide bonds. The smallest absolute Gasteiger partial charge is 0.326 e. The number of carbonyl (C=O) groups excluding carboxylic acids is 2. The van der Waals surface area contributed by atoms with Crippen molar-refractivity contribution in [3.63, 3.8) is 0 Å². The summed E-state index contributed by atoms with van der Waals surface area (Å²) in [6.45, 7) is 1.95. The lowest BCUT2D eigenvalue weighted by Crippen LogP contribution is -2.41. The Labute approximate surface area is 337 Å². The number of nitrogens with zero attached hydrogens (tertiary/aromatic N) is 5. The van der Waals surface area contributed by atoms with Crippen molar-refractivity contribution in [2.75, 3.05) is 0 Å². The van der Waals surface area contributed by atoms with Crippen molar-refractivity contribution in [1.82, 2.24) is 24.7 Å². The molecule has 0 unspecified atom stereocenters. The molecule has 2 aromatic heterocycles. The first-order valence-corrected chi connectivity index (χ1v) is 19.0. The first kappa shape index (κ1) is 39.0. The van der Waals surface area contributed by atoms with Crippen molar-refractivity contribution in [2.45, 2.75) is 56.8 Å². The van der Waals surface area contributed by atoms with Gasteiger partial charge in [0.1, 0.15) is 12.1 Å². The Kier molecular flexibility index (Phi) is 11.5. The fourth-order valence-corrected chi connectivity index (χ4v) is 8.12. The molecule has 4 aromatic carbocycles. The number of carbonyl (C=O) groups is 4. The van der Waals surface area contributed by atoms with Gasteiger partial charge < -0.3 is 24.5 Å². The second-order valence-electron chi connectivity index (χ2n) is 13.7. The molecular weight excluding hydrogens is 769 g/mol. The number of benzene rings is 4. The highest BCUT2D eigenvalue weighted by Crippen LogP contribution is 2.41. The van der Waals surface area contributed by atoms with E-state index in [0.717, 1.165) is 28.1 Å². The number of hydrogen-bond acceptors (Lipinski definition) is 7. The standard InChI is InChI=1S/C22H20ClN3O3.C21H17ClN2O4/c1-14-12-13-24-26(14)16-8-6-15(7-9-16)21(27)25-19(10-11-20(25)22(28)29)17-4-2-3-5-18(17)23;22-16-4-2-1-3-15(16)17-9-10-18(21(26)27)24(17)20(25)14-7-5-13(6-8-14)19-11-12-23-28-19/h2-9,12-13,19-20H,10-11H2,1H3,(H,28,29);1-8,11-12,17-18H,9-10H2,(H,26,27)/t19-,20+;17-,18+/m11/s1. The topological polar surface area (TPSA) is 159 Å². The summed E-state index contributed by atoms with van der Waals surface area (Å²) in [5.74, 6) is -2.07. The number of carboxylic acids is 2. The van der Waals surface area contributed by atoms with E-state index < -0.39 is 24.0 Å². The molecule has 0 radical (unpaired) electrons. The van der Waals surface area contributed by atoms with E-state index in [1.165, 1.54) is 9.80 Å². The minimum absolute atomic E-state index is 0.316. The fraction of sp³-hybridized carbons (Fsp3) is 0.209. The number of aromatic nitrogens is 3. The monoisotopic (exact) mass is 805 g/mol. The van der Waals surface area contributed by atoms with Crippen LogP contribution >= 0.6 is 23.2 Å². The average Bonchev–Trinajstić information content (AvgIpc) is 4.06. The van der Waals surface area contributed by atoms with Gasteiger partial charge in [0.15, 0.2) is 5.76 Å². The molecule has 12 nitrogen and oxygen atoms in total. The molecule has 57 heavy (non-hydrogen) atoms. The van der Waals surface area contributed by atoms with E-state index >= 15 is 0 Å². The van der Waals surface area contributed by atoms with E-state index in [1.807, 2.05) is 61.5 Å². The third-order valence-corrected chi connectivity index (χ3v) is 11.1. The number of rotatable bonds is 8. The van der Waals surface area contributed by atoms with Crippen molar-refractivity contribution >= 4 is 47.0 Å². The normalized spacial score (nSPS) is 18.9. The van der Waals surface area contributed by atoms with E-state index in [0.29, 0.717) is 52.6 Å². The Morgan fingerprint density at radius 3 is 1.54 bits per heavy atom. The molecule has 0 aliphatic carbocycles. The molecule has 2 N–H and O–H groups in total. The first-order chi connectivity index (χ1) is 27.5. The van der Waals surface area contributed by atoms with E-state index in [1.54, 1.807) is 71.7 Å². The molecule has 0 spiro atoms. The Bertz CT molecular complexity index is 2400. The summed E-state index contributed by atoms with van der Waals surface area (Å²) < 4.78 is 6.89. The SMILES string of the molecule is Cc1ccnn1-c1ccc(C(=O)N2[C@@H](c3ccccc3Cl)CC[C@H]2C(=O)O)cc1.O=C(O)[C@@H]1CC[C@H](c2ccccc2Cl)N1C(=O)c1ccc(-c2ccno2)cc1. The summed E-state index contributed by atoms with van der Waals surface area (Å²) in [6.07, 6.45) is 5.13.